The van der Waals surface area contributed by atoms with E-state index in [9.17, 15) is 0 Å². The Morgan fingerprint density at radius 1 is 1.11 bits per heavy atom. The van der Waals surface area contributed by atoms with E-state index in [4.69, 9.17) is 10.7 Å². The molecule has 5 heteroatoms. The Morgan fingerprint density at radius 2 is 1.72 bits per heavy atom. The molecule has 0 unspecified atom stereocenters. The molecular formula is C13H21IN4. The Balaban J connectivity index is 2.32. The zero-order chi connectivity index (χ0) is 13.1. The Bertz CT molecular complexity index is 412. The average Bonchev–Trinajstić information content (AvgIpc) is 2.60. The van der Waals surface area contributed by atoms with Crippen LogP contribution in [0.15, 0.2) is 0 Å². The highest BCUT2D eigenvalue weighted by Crippen LogP contribution is 2.26. The molecule has 2 heterocycles. The minimum Gasteiger partial charge on any atom is -0.383 e. The van der Waals surface area contributed by atoms with Crippen LogP contribution >= 0.6 is 22.6 Å². The molecule has 0 saturated carbocycles. The molecule has 1 saturated heterocycles. The molecule has 2 rings (SSSR count). The fourth-order valence-corrected chi connectivity index (χ4v) is 3.13. The highest BCUT2D eigenvalue weighted by Gasteiger charge is 2.18. The van der Waals surface area contributed by atoms with E-state index in [2.05, 4.69) is 46.3 Å². The number of anilines is 2. The number of nitrogens with zero attached hydrogens (tertiary/aromatic N) is 3. The van der Waals surface area contributed by atoms with Gasteiger partial charge in [0.2, 0.25) is 5.95 Å². The van der Waals surface area contributed by atoms with Gasteiger partial charge in [0.25, 0.3) is 0 Å². The van der Waals surface area contributed by atoms with Crippen LogP contribution in [0.4, 0.5) is 11.8 Å². The van der Waals surface area contributed by atoms with Crippen LogP contribution in [0.5, 0.6) is 0 Å². The molecule has 1 aliphatic heterocycles. The summed E-state index contributed by atoms with van der Waals surface area (Å²) in [5.74, 6) is 1.82. The van der Waals surface area contributed by atoms with E-state index in [1.165, 1.54) is 25.7 Å². The molecule has 0 aliphatic carbocycles. The van der Waals surface area contributed by atoms with Gasteiger partial charge in [0.1, 0.15) is 5.82 Å². The van der Waals surface area contributed by atoms with Gasteiger partial charge in [-0.05, 0) is 41.4 Å². The van der Waals surface area contributed by atoms with Crippen LogP contribution in [0.3, 0.4) is 0 Å². The number of aromatic nitrogens is 2. The quantitative estimate of drug-likeness (QED) is 0.824. The summed E-state index contributed by atoms with van der Waals surface area (Å²) in [6.07, 6.45) is 5.08. The standard InChI is InChI=1S/C13H21IN4/c1-9(2)11-10(14)12(15)17-13(16-11)18-7-5-3-4-6-8-18/h9H,3-8H2,1-2H3,(H2,15,16,17). The predicted molar refractivity (Wildman–Crippen MR) is 83.9 cm³/mol. The van der Waals surface area contributed by atoms with E-state index in [0.717, 1.165) is 28.3 Å². The van der Waals surface area contributed by atoms with Gasteiger partial charge in [-0.1, -0.05) is 26.7 Å². The third-order valence-corrected chi connectivity index (χ3v) is 4.43. The minimum atomic E-state index is 0.382. The fraction of sp³-hybridized carbons (Fsp3) is 0.692. The number of nitrogens with two attached hydrogens (primary N) is 1. The van der Waals surface area contributed by atoms with Crippen molar-refractivity contribution in [3.63, 3.8) is 0 Å². The van der Waals surface area contributed by atoms with Gasteiger partial charge in [-0.2, -0.15) is 4.98 Å². The third-order valence-electron chi connectivity index (χ3n) is 3.33. The SMILES string of the molecule is CC(C)c1nc(N2CCCCCC2)nc(N)c1I. The first-order chi connectivity index (χ1) is 8.59. The lowest BCUT2D eigenvalue weighted by Gasteiger charge is -2.22. The van der Waals surface area contributed by atoms with E-state index in [1.54, 1.807) is 0 Å². The molecule has 0 amide bonds. The maximum Gasteiger partial charge on any atom is 0.227 e. The van der Waals surface area contributed by atoms with Crippen LogP contribution in [0.1, 0.15) is 51.1 Å². The molecule has 1 aromatic rings. The minimum absolute atomic E-state index is 0.382. The Labute approximate surface area is 123 Å². The summed E-state index contributed by atoms with van der Waals surface area (Å²) < 4.78 is 1.00. The van der Waals surface area contributed by atoms with Crippen LogP contribution in [-0.2, 0) is 0 Å². The molecule has 0 atom stereocenters. The first-order valence-electron chi connectivity index (χ1n) is 6.67. The Morgan fingerprint density at radius 3 is 2.28 bits per heavy atom. The van der Waals surface area contributed by atoms with Crippen molar-refractivity contribution in [1.82, 2.24) is 9.97 Å². The van der Waals surface area contributed by atoms with Gasteiger partial charge in [0, 0.05) is 13.1 Å². The topological polar surface area (TPSA) is 55.0 Å². The second-order valence-electron chi connectivity index (χ2n) is 5.16. The normalized spacial score (nSPS) is 17.0. The van der Waals surface area contributed by atoms with Crippen molar-refractivity contribution in [2.45, 2.75) is 45.4 Å². The number of hydrogen-bond acceptors (Lipinski definition) is 4. The molecule has 4 nitrogen and oxygen atoms in total. The molecule has 0 aromatic carbocycles. The van der Waals surface area contributed by atoms with Crippen LogP contribution < -0.4 is 10.6 Å². The molecule has 0 spiro atoms. The lowest BCUT2D eigenvalue weighted by atomic mass is 10.1. The van der Waals surface area contributed by atoms with Crippen LogP contribution in [0, 0.1) is 3.57 Å². The van der Waals surface area contributed by atoms with Crippen molar-refractivity contribution < 1.29 is 0 Å². The number of nitrogen functional groups attached to an aromatic ring is 1. The molecule has 100 valence electrons. The third kappa shape index (κ3) is 3.05. The summed E-state index contributed by atoms with van der Waals surface area (Å²) in [6, 6.07) is 0. The number of rotatable bonds is 2. The first kappa shape index (κ1) is 13.8. The van der Waals surface area contributed by atoms with Crippen molar-refractivity contribution in [1.29, 1.82) is 0 Å². The zero-order valence-corrected chi connectivity index (χ0v) is 13.3. The van der Waals surface area contributed by atoms with E-state index in [1.807, 2.05) is 0 Å². The van der Waals surface area contributed by atoms with Gasteiger partial charge in [-0.15, -0.1) is 0 Å². The van der Waals surface area contributed by atoms with Gasteiger partial charge in [0.05, 0.1) is 9.26 Å². The van der Waals surface area contributed by atoms with Crippen molar-refractivity contribution in [3.05, 3.63) is 9.26 Å². The monoisotopic (exact) mass is 360 g/mol. The Hall–Kier alpha value is -0.590. The summed E-state index contributed by atoms with van der Waals surface area (Å²) in [5.41, 5.74) is 7.09. The van der Waals surface area contributed by atoms with Crippen molar-refractivity contribution in [2.24, 2.45) is 0 Å². The van der Waals surface area contributed by atoms with Gasteiger partial charge in [-0.25, -0.2) is 4.98 Å². The smallest absolute Gasteiger partial charge is 0.227 e. The lowest BCUT2D eigenvalue weighted by Crippen LogP contribution is -2.27. The average molecular weight is 360 g/mol. The fourth-order valence-electron chi connectivity index (χ4n) is 2.26. The molecule has 1 aliphatic rings. The summed E-state index contributed by atoms with van der Waals surface area (Å²) in [5, 5.41) is 0. The molecule has 18 heavy (non-hydrogen) atoms. The number of hydrogen-bond donors (Lipinski definition) is 1. The van der Waals surface area contributed by atoms with Crippen LogP contribution in [0.25, 0.3) is 0 Å². The molecule has 1 fully saturated rings. The first-order valence-corrected chi connectivity index (χ1v) is 7.75. The second kappa shape index (κ2) is 6.04. The molecule has 0 radical (unpaired) electrons. The Kier molecular flexibility index (Phi) is 4.64. The zero-order valence-electron chi connectivity index (χ0n) is 11.1. The highest BCUT2D eigenvalue weighted by atomic mass is 127. The van der Waals surface area contributed by atoms with Crippen molar-refractivity contribution >= 4 is 34.4 Å². The largest absolute Gasteiger partial charge is 0.383 e. The van der Waals surface area contributed by atoms with E-state index in [0.29, 0.717) is 11.7 Å². The lowest BCUT2D eigenvalue weighted by molar-refractivity contribution is 0.726. The summed E-state index contributed by atoms with van der Waals surface area (Å²) in [7, 11) is 0. The van der Waals surface area contributed by atoms with Crippen LogP contribution in [-0.4, -0.2) is 23.1 Å². The maximum absolute atomic E-state index is 6.02. The highest BCUT2D eigenvalue weighted by molar-refractivity contribution is 14.1. The van der Waals surface area contributed by atoms with Crippen molar-refractivity contribution in [3.8, 4) is 0 Å². The van der Waals surface area contributed by atoms with Crippen molar-refractivity contribution in [2.75, 3.05) is 23.7 Å². The van der Waals surface area contributed by atoms with Gasteiger partial charge >= 0.3 is 0 Å². The second-order valence-corrected chi connectivity index (χ2v) is 6.24. The van der Waals surface area contributed by atoms with Gasteiger partial charge in [-0.3, -0.25) is 0 Å². The molecular weight excluding hydrogens is 339 g/mol. The van der Waals surface area contributed by atoms with E-state index >= 15 is 0 Å². The van der Waals surface area contributed by atoms with Gasteiger partial charge in [0.15, 0.2) is 0 Å². The summed E-state index contributed by atoms with van der Waals surface area (Å²) >= 11 is 2.25. The van der Waals surface area contributed by atoms with Gasteiger partial charge < -0.3 is 10.6 Å². The number of halogens is 1. The summed E-state index contributed by atoms with van der Waals surface area (Å²) in [4.78, 5) is 11.5. The summed E-state index contributed by atoms with van der Waals surface area (Å²) in [6.45, 7) is 6.40. The molecule has 2 N–H and O–H groups in total. The van der Waals surface area contributed by atoms with E-state index < -0.39 is 0 Å². The van der Waals surface area contributed by atoms with Crippen LogP contribution in [0.2, 0.25) is 0 Å². The maximum atomic E-state index is 6.02. The predicted octanol–water partition coefficient (Wildman–Crippen LogP) is 3.17. The molecule has 0 bridgehead atoms. The van der Waals surface area contributed by atoms with E-state index in [-0.39, 0.29) is 0 Å². The molecule has 1 aromatic heterocycles.